The second kappa shape index (κ2) is 8.62. The van der Waals surface area contributed by atoms with Gasteiger partial charge in [0, 0.05) is 19.1 Å². The molecule has 0 spiro atoms. The van der Waals surface area contributed by atoms with E-state index in [2.05, 4.69) is 17.2 Å². The number of hydrogen-bond donors (Lipinski definition) is 1. The summed E-state index contributed by atoms with van der Waals surface area (Å²) in [4.78, 5) is 13.6. The van der Waals surface area contributed by atoms with Crippen molar-refractivity contribution in [3.63, 3.8) is 0 Å². The second-order valence-corrected chi connectivity index (χ2v) is 12.4. The molecule has 1 aromatic heterocycles. The Bertz CT molecular complexity index is 1120. The minimum absolute atomic E-state index is 0.0546. The number of aliphatic hydroxyl groups is 1. The van der Waals surface area contributed by atoms with E-state index in [1.807, 2.05) is 0 Å². The normalized spacial score (nSPS) is 40.8. The van der Waals surface area contributed by atoms with Crippen molar-refractivity contribution >= 4 is 16.8 Å². The van der Waals surface area contributed by atoms with Crippen LogP contribution in [-0.4, -0.2) is 45.2 Å². The van der Waals surface area contributed by atoms with Crippen LogP contribution in [-0.2, 0) is 16.1 Å². The van der Waals surface area contributed by atoms with Gasteiger partial charge in [0.05, 0.1) is 17.7 Å². The summed E-state index contributed by atoms with van der Waals surface area (Å²) in [6.45, 7) is 3.04. The van der Waals surface area contributed by atoms with Crippen LogP contribution in [0.25, 0.3) is 11.0 Å². The van der Waals surface area contributed by atoms with Crippen LogP contribution in [0.1, 0.15) is 64.7 Å². The highest BCUT2D eigenvalue weighted by molar-refractivity contribution is 5.84. The second-order valence-electron chi connectivity index (χ2n) is 12.4. The quantitative estimate of drug-likeness (QED) is 0.662. The maximum atomic E-state index is 13.6. The van der Waals surface area contributed by atoms with Gasteiger partial charge in [-0.15, -0.1) is 5.10 Å². The van der Waals surface area contributed by atoms with Crippen molar-refractivity contribution in [2.75, 3.05) is 13.7 Å². The van der Waals surface area contributed by atoms with Crippen molar-refractivity contribution in [1.82, 2.24) is 15.0 Å². The summed E-state index contributed by atoms with van der Waals surface area (Å²) < 4.78 is 20.5. The number of ether oxygens (including phenoxy) is 1. The van der Waals surface area contributed by atoms with Crippen molar-refractivity contribution in [3.05, 3.63) is 24.0 Å². The number of methoxy groups -OCH3 is 1. The minimum Gasteiger partial charge on any atom is -0.387 e. The number of hydrogen-bond acceptors (Lipinski definition) is 5. The van der Waals surface area contributed by atoms with Crippen LogP contribution in [0.4, 0.5) is 4.39 Å². The Hall–Kier alpha value is -1.86. The standard InChI is InChI=1S/C28H38FN3O3/c1-27-11-9-20-19-10-12-28(34,16-35-2)14-17(19)3-5-21(20)22(27)6-7-23(27)26(33)15-32-25-8-4-18(29)13-24(25)30-31-32/h4,8,13,17,19-23,34H,3,5-7,9-12,14-16H2,1-2H3/t17-,19+,20-,21-,22+,23-,27+,28-/m1/s1. The third-order valence-corrected chi connectivity index (χ3v) is 10.7. The number of carbonyl (C=O) groups is 1. The van der Waals surface area contributed by atoms with E-state index < -0.39 is 5.60 Å². The zero-order chi connectivity index (χ0) is 24.4. The lowest BCUT2D eigenvalue weighted by molar-refractivity contribution is -0.136. The first-order valence-electron chi connectivity index (χ1n) is 13.5. The van der Waals surface area contributed by atoms with E-state index in [1.54, 1.807) is 17.9 Å². The Morgan fingerprint density at radius 2 is 1.97 bits per heavy atom. The maximum absolute atomic E-state index is 13.6. The number of rotatable bonds is 5. The van der Waals surface area contributed by atoms with Crippen LogP contribution < -0.4 is 0 Å². The van der Waals surface area contributed by atoms with Crippen molar-refractivity contribution in [2.24, 2.45) is 40.9 Å². The molecule has 4 fully saturated rings. The van der Waals surface area contributed by atoms with Crippen LogP contribution in [0.15, 0.2) is 18.2 Å². The number of carbonyl (C=O) groups excluding carboxylic acids is 1. The van der Waals surface area contributed by atoms with Crippen LogP contribution in [0.2, 0.25) is 0 Å². The molecule has 1 aromatic carbocycles. The highest BCUT2D eigenvalue weighted by Crippen LogP contribution is 2.64. The van der Waals surface area contributed by atoms with Crippen molar-refractivity contribution < 1.29 is 19.0 Å². The van der Waals surface area contributed by atoms with Crippen LogP contribution >= 0.6 is 0 Å². The van der Waals surface area contributed by atoms with Gasteiger partial charge >= 0.3 is 0 Å². The highest BCUT2D eigenvalue weighted by Gasteiger charge is 2.59. The van der Waals surface area contributed by atoms with Gasteiger partial charge in [0.2, 0.25) is 0 Å². The lowest BCUT2D eigenvalue weighted by Gasteiger charge is -2.57. The number of benzene rings is 1. The van der Waals surface area contributed by atoms with Gasteiger partial charge in [0.15, 0.2) is 5.78 Å². The Morgan fingerprint density at radius 1 is 1.14 bits per heavy atom. The Labute approximate surface area is 206 Å². The SMILES string of the molecule is COC[C@@]1(O)CC[C@H]2[C@H](CC[C@@H]3[C@@H]2CC[C@]2(C)[C@@H](C(=O)Cn4nnc5cc(F)ccc54)CC[C@@H]32)C1. The molecule has 190 valence electrons. The molecule has 1 heterocycles. The third-order valence-electron chi connectivity index (χ3n) is 10.7. The van der Waals surface area contributed by atoms with E-state index in [9.17, 15) is 14.3 Å². The molecule has 6 nitrogen and oxygen atoms in total. The monoisotopic (exact) mass is 483 g/mol. The first-order valence-corrected chi connectivity index (χ1v) is 13.5. The molecule has 7 heteroatoms. The van der Waals surface area contributed by atoms with E-state index in [4.69, 9.17) is 4.74 Å². The molecule has 1 N–H and O–H groups in total. The molecule has 4 aliphatic rings. The van der Waals surface area contributed by atoms with Gasteiger partial charge < -0.3 is 9.84 Å². The summed E-state index contributed by atoms with van der Waals surface area (Å²) in [6, 6.07) is 4.44. The summed E-state index contributed by atoms with van der Waals surface area (Å²) >= 11 is 0. The molecule has 0 aliphatic heterocycles. The van der Waals surface area contributed by atoms with E-state index in [1.165, 1.54) is 31.4 Å². The van der Waals surface area contributed by atoms with Crippen molar-refractivity contribution in [3.8, 4) is 0 Å². The Kier molecular flexibility index (Phi) is 5.79. The van der Waals surface area contributed by atoms with Crippen molar-refractivity contribution in [2.45, 2.75) is 76.9 Å². The number of halogens is 1. The highest BCUT2D eigenvalue weighted by atomic mass is 19.1. The van der Waals surface area contributed by atoms with Crippen LogP contribution in [0.3, 0.4) is 0 Å². The molecule has 4 aliphatic carbocycles. The molecule has 0 amide bonds. The van der Waals surface area contributed by atoms with Gasteiger partial charge in [-0.3, -0.25) is 4.79 Å². The average molecular weight is 484 g/mol. The largest absolute Gasteiger partial charge is 0.387 e. The fourth-order valence-corrected chi connectivity index (χ4v) is 9.21. The lowest BCUT2D eigenvalue weighted by atomic mass is 9.49. The van der Waals surface area contributed by atoms with Gasteiger partial charge in [0.1, 0.15) is 17.9 Å². The first kappa shape index (κ1) is 23.5. The van der Waals surface area contributed by atoms with Gasteiger partial charge in [-0.05, 0) is 105 Å². The summed E-state index contributed by atoms with van der Waals surface area (Å²) in [5, 5.41) is 19.2. The number of ketones is 1. The molecular weight excluding hydrogens is 445 g/mol. The van der Waals surface area contributed by atoms with E-state index in [-0.39, 0.29) is 29.5 Å². The molecule has 8 atom stereocenters. The summed E-state index contributed by atoms with van der Waals surface area (Å²) in [5.41, 5.74) is 0.621. The van der Waals surface area contributed by atoms with Gasteiger partial charge in [0.25, 0.3) is 0 Å². The number of aromatic nitrogens is 3. The molecule has 0 unspecified atom stereocenters. The van der Waals surface area contributed by atoms with Crippen LogP contribution in [0, 0.1) is 46.7 Å². The topological polar surface area (TPSA) is 77.2 Å². The molecule has 0 bridgehead atoms. The average Bonchev–Trinajstić information content (AvgIpc) is 3.38. The molecule has 6 rings (SSSR count). The smallest absolute Gasteiger partial charge is 0.157 e. The fraction of sp³-hybridized carbons (Fsp3) is 0.750. The number of Topliss-reactive ketones (excluding diaryl/α,β-unsaturated/α-hetero) is 1. The van der Waals surface area contributed by atoms with E-state index >= 15 is 0 Å². The number of fused-ring (bicyclic) bond motifs is 6. The summed E-state index contributed by atoms with van der Waals surface area (Å²) in [6.07, 6.45) is 9.70. The third kappa shape index (κ3) is 3.85. The van der Waals surface area contributed by atoms with Gasteiger partial charge in [-0.25, -0.2) is 9.07 Å². The zero-order valence-electron chi connectivity index (χ0n) is 21.0. The fourth-order valence-electron chi connectivity index (χ4n) is 9.21. The Morgan fingerprint density at radius 3 is 2.80 bits per heavy atom. The number of nitrogens with zero attached hydrogens (tertiary/aromatic N) is 3. The predicted molar refractivity (Wildman–Crippen MR) is 130 cm³/mol. The van der Waals surface area contributed by atoms with E-state index in [0.717, 1.165) is 44.4 Å². The predicted octanol–water partition coefficient (Wildman–Crippen LogP) is 4.79. The molecule has 4 saturated carbocycles. The van der Waals surface area contributed by atoms with Crippen LogP contribution in [0.5, 0.6) is 0 Å². The van der Waals surface area contributed by atoms with Crippen molar-refractivity contribution in [1.29, 1.82) is 0 Å². The summed E-state index contributed by atoms with van der Waals surface area (Å²) in [5.74, 6) is 3.35. The molecule has 0 radical (unpaired) electrons. The first-order chi connectivity index (χ1) is 16.8. The molecule has 0 saturated heterocycles. The zero-order valence-corrected chi connectivity index (χ0v) is 21.0. The molecule has 2 aromatic rings. The minimum atomic E-state index is -0.645. The van der Waals surface area contributed by atoms with Gasteiger partial charge in [-0.2, -0.15) is 0 Å². The Balaban J connectivity index is 1.17. The summed E-state index contributed by atoms with van der Waals surface area (Å²) in [7, 11) is 1.69. The van der Waals surface area contributed by atoms with Gasteiger partial charge in [-0.1, -0.05) is 12.1 Å². The van der Waals surface area contributed by atoms with E-state index in [0.29, 0.717) is 41.3 Å². The molecule has 35 heavy (non-hydrogen) atoms. The lowest BCUT2D eigenvalue weighted by Crippen LogP contribution is -2.52. The maximum Gasteiger partial charge on any atom is 0.157 e. The molecular formula is C28H38FN3O3.